The van der Waals surface area contributed by atoms with Gasteiger partial charge in [-0.15, -0.1) is 0 Å². The summed E-state index contributed by atoms with van der Waals surface area (Å²) in [6, 6.07) is 0. The number of nitrogens with two attached hydrogens (primary N) is 1. The lowest BCUT2D eigenvalue weighted by molar-refractivity contribution is -0.125. The van der Waals surface area contributed by atoms with Crippen LogP contribution in [0.15, 0.2) is 4.47 Å². The van der Waals surface area contributed by atoms with E-state index in [0.717, 1.165) is 32.5 Å². The Hall–Kier alpha value is -1.07. The van der Waals surface area contributed by atoms with Crippen LogP contribution in [-0.4, -0.2) is 13.0 Å². The van der Waals surface area contributed by atoms with Gasteiger partial charge in [0.25, 0.3) is 0 Å². The van der Waals surface area contributed by atoms with Crippen molar-refractivity contribution in [3.63, 3.8) is 0 Å². The molecule has 0 radical (unpaired) electrons. The molecular formula is C14H21BrN2O2. The van der Waals surface area contributed by atoms with Crippen molar-refractivity contribution in [2.24, 2.45) is 5.84 Å². The van der Waals surface area contributed by atoms with Gasteiger partial charge in [-0.3, -0.25) is 10.2 Å². The van der Waals surface area contributed by atoms with Gasteiger partial charge in [0.15, 0.2) is 0 Å². The fourth-order valence-corrected chi connectivity index (χ4v) is 2.88. The SMILES string of the molecule is COc1c(C)c(C)c(Br)c(C)c1C(C)(C)C(=O)NN. The number of hydrogen-bond donors (Lipinski definition) is 2. The van der Waals surface area contributed by atoms with E-state index in [1.54, 1.807) is 7.11 Å². The van der Waals surface area contributed by atoms with Crippen LogP contribution >= 0.6 is 15.9 Å². The van der Waals surface area contributed by atoms with Crippen LogP contribution in [0.4, 0.5) is 0 Å². The maximum atomic E-state index is 12.1. The lowest BCUT2D eigenvalue weighted by atomic mass is 9.79. The molecule has 0 aliphatic heterocycles. The Morgan fingerprint density at radius 2 is 1.74 bits per heavy atom. The molecule has 0 aliphatic carbocycles. The number of methoxy groups -OCH3 is 1. The molecular weight excluding hydrogens is 308 g/mol. The molecule has 0 atom stereocenters. The summed E-state index contributed by atoms with van der Waals surface area (Å²) < 4.78 is 6.53. The first kappa shape index (κ1) is 16.0. The second-order valence-electron chi connectivity index (χ2n) is 5.20. The van der Waals surface area contributed by atoms with Crippen LogP contribution in [0.1, 0.15) is 36.1 Å². The van der Waals surface area contributed by atoms with Gasteiger partial charge < -0.3 is 4.74 Å². The summed E-state index contributed by atoms with van der Waals surface area (Å²) in [5.41, 5.74) is 5.44. The molecule has 0 unspecified atom stereocenters. The van der Waals surface area contributed by atoms with E-state index < -0.39 is 5.41 Å². The van der Waals surface area contributed by atoms with Crippen molar-refractivity contribution in [2.75, 3.05) is 7.11 Å². The van der Waals surface area contributed by atoms with Gasteiger partial charge in [0, 0.05) is 10.0 Å². The Labute approximate surface area is 122 Å². The average molecular weight is 329 g/mol. The molecule has 0 spiro atoms. The van der Waals surface area contributed by atoms with Gasteiger partial charge in [-0.2, -0.15) is 0 Å². The second-order valence-corrected chi connectivity index (χ2v) is 5.99. The molecule has 1 aromatic carbocycles. The van der Waals surface area contributed by atoms with E-state index in [2.05, 4.69) is 21.4 Å². The molecule has 106 valence electrons. The quantitative estimate of drug-likeness (QED) is 0.509. The van der Waals surface area contributed by atoms with E-state index in [4.69, 9.17) is 10.6 Å². The fraction of sp³-hybridized carbons (Fsp3) is 0.500. The first-order chi connectivity index (χ1) is 8.69. The van der Waals surface area contributed by atoms with E-state index >= 15 is 0 Å². The van der Waals surface area contributed by atoms with Crippen LogP contribution < -0.4 is 16.0 Å². The number of carbonyl (C=O) groups excluding carboxylic acids is 1. The normalized spacial score (nSPS) is 11.4. The third-order valence-corrected chi connectivity index (χ3v) is 4.88. The number of carbonyl (C=O) groups is 1. The lowest BCUT2D eigenvalue weighted by Crippen LogP contribution is -2.44. The lowest BCUT2D eigenvalue weighted by Gasteiger charge is -2.29. The highest BCUT2D eigenvalue weighted by atomic mass is 79.9. The third-order valence-electron chi connectivity index (χ3n) is 3.69. The topological polar surface area (TPSA) is 64.3 Å². The Morgan fingerprint density at radius 1 is 1.21 bits per heavy atom. The summed E-state index contributed by atoms with van der Waals surface area (Å²) >= 11 is 3.59. The largest absolute Gasteiger partial charge is 0.496 e. The van der Waals surface area contributed by atoms with E-state index in [0.29, 0.717) is 0 Å². The number of hydrogen-bond acceptors (Lipinski definition) is 3. The number of amides is 1. The minimum Gasteiger partial charge on any atom is -0.496 e. The third kappa shape index (κ3) is 2.49. The number of halogens is 1. The minimum atomic E-state index is -0.773. The smallest absolute Gasteiger partial charge is 0.244 e. The monoisotopic (exact) mass is 328 g/mol. The molecule has 0 saturated carbocycles. The summed E-state index contributed by atoms with van der Waals surface area (Å²) in [6.07, 6.45) is 0. The number of ether oxygens (including phenoxy) is 1. The van der Waals surface area contributed by atoms with Gasteiger partial charge in [-0.05, 0) is 51.3 Å². The fourth-order valence-electron chi connectivity index (χ4n) is 2.39. The van der Waals surface area contributed by atoms with Crippen LogP contribution in [0.3, 0.4) is 0 Å². The minimum absolute atomic E-state index is 0.246. The van der Waals surface area contributed by atoms with Crippen molar-refractivity contribution < 1.29 is 9.53 Å². The molecule has 0 aliphatic rings. The number of hydrazine groups is 1. The molecule has 0 fully saturated rings. The molecule has 5 heteroatoms. The Morgan fingerprint density at radius 3 is 2.16 bits per heavy atom. The van der Waals surface area contributed by atoms with E-state index in [1.807, 2.05) is 34.6 Å². The Kier molecular flexibility index (Phi) is 4.63. The van der Waals surface area contributed by atoms with E-state index in [9.17, 15) is 4.79 Å². The van der Waals surface area contributed by atoms with E-state index in [1.165, 1.54) is 0 Å². The molecule has 0 heterocycles. The summed E-state index contributed by atoms with van der Waals surface area (Å²) in [6.45, 7) is 9.65. The molecule has 1 amide bonds. The van der Waals surface area contributed by atoms with Gasteiger partial charge in [-0.25, -0.2) is 5.84 Å². The van der Waals surface area contributed by atoms with Crippen LogP contribution in [0.2, 0.25) is 0 Å². The maximum absolute atomic E-state index is 12.1. The first-order valence-electron chi connectivity index (χ1n) is 6.04. The summed E-state index contributed by atoms with van der Waals surface area (Å²) in [5, 5.41) is 0. The van der Waals surface area contributed by atoms with E-state index in [-0.39, 0.29) is 5.91 Å². The van der Waals surface area contributed by atoms with Crippen molar-refractivity contribution in [2.45, 2.75) is 40.0 Å². The van der Waals surface area contributed by atoms with Crippen LogP contribution in [0.25, 0.3) is 0 Å². The molecule has 0 saturated heterocycles. The predicted molar refractivity (Wildman–Crippen MR) is 80.3 cm³/mol. The number of benzene rings is 1. The Bertz CT molecular complexity index is 525. The summed E-state index contributed by atoms with van der Waals surface area (Å²) in [4.78, 5) is 12.1. The Balaban J connectivity index is 3.73. The van der Waals surface area contributed by atoms with Crippen molar-refractivity contribution in [3.05, 3.63) is 26.7 Å². The summed E-state index contributed by atoms with van der Waals surface area (Å²) in [7, 11) is 1.62. The van der Waals surface area contributed by atoms with Gasteiger partial charge in [0.2, 0.25) is 5.91 Å². The molecule has 4 nitrogen and oxygen atoms in total. The molecule has 1 aromatic rings. The van der Waals surface area contributed by atoms with Gasteiger partial charge in [-0.1, -0.05) is 15.9 Å². The van der Waals surface area contributed by atoms with Crippen molar-refractivity contribution >= 4 is 21.8 Å². The van der Waals surface area contributed by atoms with Crippen LogP contribution in [0.5, 0.6) is 5.75 Å². The number of nitrogens with one attached hydrogen (secondary N) is 1. The second kappa shape index (κ2) is 5.51. The highest BCUT2D eigenvalue weighted by molar-refractivity contribution is 9.10. The first-order valence-corrected chi connectivity index (χ1v) is 6.84. The van der Waals surface area contributed by atoms with Crippen LogP contribution in [0, 0.1) is 20.8 Å². The van der Waals surface area contributed by atoms with Crippen molar-refractivity contribution in [3.8, 4) is 5.75 Å². The van der Waals surface area contributed by atoms with Crippen molar-refractivity contribution in [1.29, 1.82) is 0 Å². The molecule has 0 aromatic heterocycles. The highest BCUT2D eigenvalue weighted by Crippen LogP contribution is 2.42. The zero-order chi connectivity index (χ0) is 15.0. The van der Waals surface area contributed by atoms with Gasteiger partial charge in [0.05, 0.1) is 12.5 Å². The highest BCUT2D eigenvalue weighted by Gasteiger charge is 2.35. The molecule has 0 bridgehead atoms. The average Bonchev–Trinajstić information content (AvgIpc) is 2.38. The van der Waals surface area contributed by atoms with Gasteiger partial charge >= 0.3 is 0 Å². The zero-order valence-electron chi connectivity index (χ0n) is 12.3. The summed E-state index contributed by atoms with van der Waals surface area (Å²) in [5.74, 6) is 5.79. The zero-order valence-corrected chi connectivity index (χ0v) is 13.9. The molecule has 19 heavy (non-hydrogen) atoms. The van der Waals surface area contributed by atoms with Crippen LogP contribution in [-0.2, 0) is 10.2 Å². The molecule has 1 rings (SSSR count). The number of rotatable bonds is 3. The molecule has 3 N–H and O–H groups in total. The van der Waals surface area contributed by atoms with Gasteiger partial charge in [0.1, 0.15) is 5.75 Å². The maximum Gasteiger partial charge on any atom is 0.244 e. The predicted octanol–water partition coefficient (Wildman–Crippen LogP) is 2.65. The van der Waals surface area contributed by atoms with Crippen molar-refractivity contribution in [1.82, 2.24) is 5.43 Å². The standard InChI is InChI=1S/C14H21BrN2O2/c1-7-8(2)12(19-6)10(9(3)11(7)15)14(4,5)13(18)17-16/h16H2,1-6H3,(H,17,18).